The smallest absolute Gasteiger partial charge is 0.238 e. The molecule has 11 aromatic rings. The van der Waals surface area contributed by atoms with E-state index in [1.165, 1.54) is 5.39 Å². The first-order valence-corrected chi connectivity index (χ1v) is 19.4. The van der Waals surface area contributed by atoms with Gasteiger partial charge in [-0.2, -0.15) is 9.97 Å². The fourth-order valence-electron chi connectivity index (χ4n) is 8.58. The molecule has 0 unspecified atom stereocenters. The number of allylic oxidation sites excluding steroid dienone is 5. The Balaban J connectivity index is 1.28. The molecule has 58 heavy (non-hydrogen) atoms. The van der Waals surface area contributed by atoms with E-state index in [1.807, 2.05) is 49.4 Å². The van der Waals surface area contributed by atoms with Crippen LogP contribution in [0.25, 0.3) is 106 Å². The fraction of sp³-hybridized carbons (Fsp3) is 0.0192. The zero-order chi connectivity index (χ0) is 38.7. The minimum Gasteiger partial charge on any atom is -0.455 e. The number of fused-ring (bicyclic) bond motifs is 10. The Kier molecular flexibility index (Phi) is 7.76. The SMILES string of the molecule is C=C/C=C(\C=C/C)c1cccc(-c2nc(-c3cccc4c3oc3ccccc34)nc(-n3c4ccccc4c4ccc5c6ccccc6n(-c6ccccc6)c5c43)n2)c1. The Morgan fingerprint density at radius 3 is 1.97 bits per heavy atom. The van der Waals surface area contributed by atoms with Crippen LogP contribution in [0, 0.1) is 0 Å². The second-order valence-corrected chi connectivity index (χ2v) is 14.4. The summed E-state index contributed by atoms with van der Waals surface area (Å²) in [6.45, 7) is 5.99. The zero-order valence-corrected chi connectivity index (χ0v) is 31.7. The van der Waals surface area contributed by atoms with Gasteiger partial charge >= 0.3 is 0 Å². The number of hydrogen-bond donors (Lipinski definition) is 0. The van der Waals surface area contributed by atoms with Crippen molar-refractivity contribution in [3.63, 3.8) is 0 Å². The highest BCUT2D eigenvalue weighted by Crippen LogP contribution is 2.42. The van der Waals surface area contributed by atoms with Crippen LogP contribution in [0.3, 0.4) is 0 Å². The molecule has 0 fully saturated rings. The maximum Gasteiger partial charge on any atom is 0.238 e. The van der Waals surface area contributed by atoms with Crippen molar-refractivity contribution in [3.8, 4) is 34.4 Å². The van der Waals surface area contributed by atoms with E-state index in [0.29, 0.717) is 17.6 Å². The predicted octanol–water partition coefficient (Wildman–Crippen LogP) is 13.4. The second kappa shape index (κ2) is 13.4. The van der Waals surface area contributed by atoms with Gasteiger partial charge in [-0.1, -0.05) is 146 Å². The van der Waals surface area contributed by atoms with E-state index < -0.39 is 0 Å². The summed E-state index contributed by atoms with van der Waals surface area (Å²) in [6, 6.07) is 54.9. The number of hydrogen-bond acceptors (Lipinski definition) is 4. The van der Waals surface area contributed by atoms with Crippen molar-refractivity contribution >= 4 is 71.1 Å². The lowest BCUT2D eigenvalue weighted by molar-refractivity contribution is 0.669. The van der Waals surface area contributed by atoms with Gasteiger partial charge in [0.05, 0.1) is 27.6 Å². The number of aromatic nitrogens is 5. The summed E-state index contributed by atoms with van der Waals surface area (Å²) in [5, 5.41) is 6.60. The van der Waals surface area contributed by atoms with Crippen LogP contribution in [-0.4, -0.2) is 24.1 Å². The maximum absolute atomic E-state index is 6.58. The molecule has 0 aliphatic heterocycles. The normalized spacial score (nSPS) is 12.3. The third-order valence-electron chi connectivity index (χ3n) is 11.0. The van der Waals surface area contributed by atoms with E-state index in [0.717, 1.165) is 88.1 Å². The van der Waals surface area contributed by atoms with E-state index in [4.69, 9.17) is 19.4 Å². The molecule has 0 saturated heterocycles. The summed E-state index contributed by atoms with van der Waals surface area (Å²) in [5.74, 6) is 1.58. The highest BCUT2D eigenvalue weighted by Gasteiger charge is 2.24. The van der Waals surface area contributed by atoms with Crippen LogP contribution in [0.1, 0.15) is 12.5 Å². The van der Waals surface area contributed by atoms with Crippen LogP contribution >= 0.6 is 0 Å². The molecule has 0 N–H and O–H groups in total. The average Bonchev–Trinajstić information content (AvgIpc) is 3.94. The molecule has 4 aromatic heterocycles. The lowest BCUT2D eigenvalue weighted by Crippen LogP contribution is -2.07. The Hall–Kier alpha value is -7.83. The van der Waals surface area contributed by atoms with Crippen molar-refractivity contribution < 1.29 is 4.42 Å². The highest BCUT2D eigenvalue weighted by atomic mass is 16.3. The van der Waals surface area contributed by atoms with Gasteiger partial charge in [0.15, 0.2) is 11.6 Å². The highest BCUT2D eigenvalue weighted by molar-refractivity contribution is 6.23. The Morgan fingerprint density at radius 1 is 0.569 bits per heavy atom. The molecule has 6 nitrogen and oxygen atoms in total. The minimum atomic E-state index is 0.511. The van der Waals surface area contributed by atoms with Gasteiger partial charge in [-0.05, 0) is 60.5 Å². The third-order valence-corrected chi connectivity index (χ3v) is 11.0. The first-order chi connectivity index (χ1) is 28.7. The lowest BCUT2D eigenvalue weighted by atomic mass is 10.0. The Morgan fingerprint density at radius 2 is 1.21 bits per heavy atom. The largest absolute Gasteiger partial charge is 0.455 e. The molecule has 0 saturated carbocycles. The summed E-state index contributed by atoms with van der Waals surface area (Å²) in [5.41, 5.74) is 10.6. The zero-order valence-electron chi connectivity index (χ0n) is 31.7. The van der Waals surface area contributed by atoms with Gasteiger partial charge in [-0.15, -0.1) is 0 Å². The molecule has 0 aliphatic rings. The van der Waals surface area contributed by atoms with Crippen molar-refractivity contribution in [2.24, 2.45) is 0 Å². The number of benzene rings is 7. The van der Waals surface area contributed by atoms with Gasteiger partial charge in [0.2, 0.25) is 5.95 Å². The molecule has 7 aromatic carbocycles. The lowest BCUT2D eigenvalue weighted by Gasteiger charge is -2.13. The minimum absolute atomic E-state index is 0.511. The van der Waals surface area contributed by atoms with Gasteiger partial charge in [0.1, 0.15) is 11.2 Å². The maximum atomic E-state index is 6.58. The summed E-state index contributed by atoms with van der Waals surface area (Å²) >= 11 is 0. The van der Waals surface area contributed by atoms with Crippen molar-refractivity contribution in [1.82, 2.24) is 24.1 Å². The first-order valence-electron chi connectivity index (χ1n) is 19.4. The average molecular weight is 746 g/mol. The van der Waals surface area contributed by atoms with Gasteiger partial charge in [-0.3, -0.25) is 4.57 Å². The van der Waals surface area contributed by atoms with Gasteiger partial charge < -0.3 is 8.98 Å². The van der Waals surface area contributed by atoms with E-state index in [-0.39, 0.29) is 0 Å². The van der Waals surface area contributed by atoms with E-state index >= 15 is 0 Å². The van der Waals surface area contributed by atoms with Gasteiger partial charge in [-0.25, -0.2) is 4.98 Å². The Bertz CT molecular complexity index is 3490. The molecular weight excluding hydrogens is 711 g/mol. The fourth-order valence-corrected chi connectivity index (χ4v) is 8.58. The van der Waals surface area contributed by atoms with Crippen LogP contribution in [-0.2, 0) is 0 Å². The molecule has 4 heterocycles. The molecule has 0 atom stereocenters. The topological polar surface area (TPSA) is 61.7 Å². The van der Waals surface area contributed by atoms with Crippen molar-refractivity contribution in [2.75, 3.05) is 0 Å². The Labute approximate surface area is 334 Å². The molecule has 6 heteroatoms. The summed E-state index contributed by atoms with van der Waals surface area (Å²) < 4.78 is 11.2. The van der Waals surface area contributed by atoms with Crippen LogP contribution in [0.15, 0.2) is 193 Å². The van der Waals surface area contributed by atoms with Gasteiger partial charge in [0.25, 0.3) is 0 Å². The van der Waals surface area contributed by atoms with E-state index in [1.54, 1.807) is 0 Å². The van der Waals surface area contributed by atoms with Gasteiger partial charge in [0, 0.05) is 43.6 Å². The van der Waals surface area contributed by atoms with Crippen molar-refractivity contribution in [2.45, 2.75) is 6.92 Å². The summed E-state index contributed by atoms with van der Waals surface area (Å²) in [7, 11) is 0. The van der Waals surface area contributed by atoms with Crippen LogP contribution in [0.2, 0.25) is 0 Å². The predicted molar refractivity (Wildman–Crippen MR) is 240 cm³/mol. The molecule has 0 spiro atoms. The molecule has 274 valence electrons. The monoisotopic (exact) mass is 745 g/mol. The van der Waals surface area contributed by atoms with Crippen molar-refractivity contribution in [3.05, 3.63) is 194 Å². The van der Waals surface area contributed by atoms with E-state index in [2.05, 4.69) is 155 Å². The van der Waals surface area contributed by atoms with Crippen molar-refractivity contribution in [1.29, 1.82) is 0 Å². The first kappa shape index (κ1) is 33.5. The quantitative estimate of drug-likeness (QED) is 0.152. The number of furan rings is 1. The molecule has 0 amide bonds. The molecule has 11 rings (SSSR count). The molecule has 0 aliphatic carbocycles. The molecular formula is C52H35N5O. The number of para-hydroxylation sites is 5. The summed E-state index contributed by atoms with van der Waals surface area (Å²) in [4.78, 5) is 16.1. The molecule has 0 radical (unpaired) electrons. The standard InChI is InChI=1S/C52H35N5O/c1-3-16-33(17-4-2)34-18-14-19-35(32-34)50-53-51(43-26-15-25-42-39-24-10-13-29-46(39)58-49(42)43)55-52(54-50)57-45-28-12-9-23-38(45)41-31-30-40-37-22-8-11-27-44(37)56(47(40)48(41)57)36-20-6-5-7-21-36/h3-32H,1H2,2H3/b17-4-,33-16+. The number of nitrogens with zero attached hydrogens (tertiary/aromatic N) is 5. The summed E-state index contributed by atoms with van der Waals surface area (Å²) in [6.07, 6.45) is 7.95. The molecule has 0 bridgehead atoms. The number of rotatable bonds is 7. The second-order valence-electron chi connectivity index (χ2n) is 14.4. The van der Waals surface area contributed by atoms with E-state index in [9.17, 15) is 0 Å². The van der Waals surface area contributed by atoms with Crippen LogP contribution in [0.4, 0.5) is 0 Å². The van der Waals surface area contributed by atoms with Crippen LogP contribution < -0.4 is 0 Å². The third kappa shape index (κ3) is 5.16. The van der Waals surface area contributed by atoms with Crippen LogP contribution in [0.5, 0.6) is 0 Å².